The van der Waals surface area contributed by atoms with E-state index in [1.54, 1.807) is 31.2 Å². The Hall–Kier alpha value is -4.08. The van der Waals surface area contributed by atoms with Gasteiger partial charge in [-0.1, -0.05) is 0 Å². The van der Waals surface area contributed by atoms with E-state index in [0.29, 0.717) is 22.3 Å². The molecule has 2 aromatic carbocycles. The van der Waals surface area contributed by atoms with Crippen molar-refractivity contribution in [1.82, 2.24) is 4.98 Å². The van der Waals surface area contributed by atoms with Crippen molar-refractivity contribution in [2.75, 3.05) is 12.4 Å². The zero-order valence-corrected chi connectivity index (χ0v) is 16.8. The number of aromatic nitrogens is 1. The number of nitrogens with zero attached hydrogens (tertiary/aromatic N) is 2. The largest absolute Gasteiger partial charge is 0.497 e. The average Bonchev–Trinajstić information content (AvgIpc) is 2.73. The standard InChI is InChI=1S/C21H18FN3O6/c1-11-16(8-13-4-6-15(30-3)10-18(13)23-11)21(27)31-12(2)20(26)24-14-5-7-17(22)19(9-14)25(28)29/h4-10,12H,1-3H3,(H,24,26). The van der Waals surface area contributed by atoms with E-state index in [9.17, 15) is 24.1 Å². The van der Waals surface area contributed by atoms with Crippen LogP contribution in [-0.4, -0.2) is 35.0 Å². The van der Waals surface area contributed by atoms with E-state index in [1.165, 1.54) is 20.1 Å². The summed E-state index contributed by atoms with van der Waals surface area (Å²) in [5.74, 6) is -1.89. The van der Waals surface area contributed by atoms with Crippen molar-refractivity contribution in [2.24, 2.45) is 0 Å². The molecule has 1 aromatic heterocycles. The van der Waals surface area contributed by atoms with Crippen LogP contribution in [0.4, 0.5) is 15.8 Å². The van der Waals surface area contributed by atoms with Gasteiger partial charge in [-0.05, 0) is 44.2 Å². The molecule has 0 aliphatic heterocycles. The second-order valence-electron chi connectivity index (χ2n) is 6.64. The van der Waals surface area contributed by atoms with Crippen molar-refractivity contribution >= 4 is 34.2 Å². The van der Waals surface area contributed by atoms with Crippen LogP contribution in [0, 0.1) is 22.9 Å². The third-order valence-electron chi connectivity index (χ3n) is 4.50. The van der Waals surface area contributed by atoms with E-state index in [4.69, 9.17) is 9.47 Å². The Kier molecular flexibility index (Phi) is 6.10. The van der Waals surface area contributed by atoms with E-state index >= 15 is 0 Å². The number of nitro groups is 1. The number of rotatable bonds is 6. The zero-order valence-electron chi connectivity index (χ0n) is 16.8. The number of methoxy groups -OCH3 is 1. The van der Waals surface area contributed by atoms with Gasteiger partial charge in [-0.15, -0.1) is 0 Å². The summed E-state index contributed by atoms with van der Waals surface area (Å²) >= 11 is 0. The molecule has 0 bridgehead atoms. The molecular weight excluding hydrogens is 409 g/mol. The maximum absolute atomic E-state index is 13.4. The summed E-state index contributed by atoms with van der Waals surface area (Å²) in [6.45, 7) is 2.98. The number of carbonyl (C=O) groups is 2. The molecule has 0 saturated carbocycles. The first-order valence-corrected chi connectivity index (χ1v) is 9.10. The Morgan fingerprint density at radius 1 is 1.19 bits per heavy atom. The summed E-state index contributed by atoms with van der Waals surface area (Å²) in [4.78, 5) is 39.2. The minimum atomic E-state index is -1.22. The Morgan fingerprint density at radius 3 is 2.61 bits per heavy atom. The monoisotopic (exact) mass is 427 g/mol. The molecule has 0 aliphatic carbocycles. The van der Waals surface area contributed by atoms with Crippen molar-refractivity contribution in [2.45, 2.75) is 20.0 Å². The van der Waals surface area contributed by atoms with Gasteiger partial charge in [0.15, 0.2) is 6.10 Å². The topological polar surface area (TPSA) is 121 Å². The van der Waals surface area contributed by atoms with Crippen molar-refractivity contribution in [3.05, 3.63) is 69.7 Å². The first-order chi connectivity index (χ1) is 14.7. The van der Waals surface area contributed by atoms with Crippen LogP contribution in [0.15, 0.2) is 42.5 Å². The Balaban J connectivity index is 1.74. The van der Waals surface area contributed by atoms with E-state index in [-0.39, 0.29) is 11.3 Å². The summed E-state index contributed by atoms with van der Waals surface area (Å²) in [5.41, 5.74) is 0.454. The van der Waals surface area contributed by atoms with Gasteiger partial charge in [-0.25, -0.2) is 4.79 Å². The number of esters is 1. The van der Waals surface area contributed by atoms with Gasteiger partial charge in [0.25, 0.3) is 5.91 Å². The number of anilines is 1. The van der Waals surface area contributed by atoms with Crippen LogP contribution in [0.3, 0.4) is 0 Å². The predicted octanol–water partition coefficient (Wildman–Crippen LogP) is 3.78. The summed E-state index contributed by atoms with van der Waals surface area (Å²) in [6, 6.07) is 9.72. The highest BCUT2D eigenvalue weighted by atomic mass is 19.1. The molecule has 1 heterocycles. The van der Waals surface area contributed by atoms with Crippen LogP contribution < -0.4 is 10.1 Å². The summed E-state index contributed by atoms with van der Waals surface area (Å²) < 4.78 is 23.8. The summed E-state index contributed by atoms with van der Waals surface area (Å²) in [7, 11) is 1.54. The van der Waals surface area contributed by atoms with Crippen molar-refractivity contribution in [1.29, 1.82) is 0 Å². The molecule has 0 saturated heterocycles. The minimum Gasteiger partial charge on any atom is -0.497 e. The number of nitro benzene ring substituents is 1. The number of fused-ring (bicyclic) bond motifs is 1. The number of benzene rings is 2. The average molecular weight is 427 g/mol. The molecule has 31 heavy (non-hydrogen) atoms. The molecule has 3 aromatic rings. The first kappa shape index (κ1) is 21.6. The molecule has 9 nitrogen and oxygen atoms in total. The lowest BCUT2D eigenvalue weighted by Crippen LogP contribution is -2.30. The van der Waals surface area contributed by atoms with Crippen LogP contribution >= 0.6 is 0 Å². The predicted molar refractivity (Wildman–Crippen MR) is 110 cm³/mol. The lowest BCUT2D eigenvalue weighted by molar-refractivity contribution is -0.387. The van der Waals surface area contributed by atoms with Crippen LogP contribution in [0.2, 0.25) is 0 Å². The SMILES string of the molecule is COc1ccc2cc(C(=O)OC(C)C(=O)Nc3ccc(F)c([N+](=O)[O-])c3)c(C)nc2c1. The molecule has 1 amide bonds. The Morgan fingerprint density at radius 2 is 1.94 bits per heavy atom. The van der Waals surface area contributed by atoms with Crippen LogP contribution in [-0.2, 0) is 9.53 Å². The number of aryl methyl sites for hydroxylation is 1. The molecular formula is C21H18FN3O6. The molecule has 10 heteroatoms. The summed E-state index contributed by atoms with van der Waals surface area (Å²) in [5, 5.41) is 13.9. The molecule has 1 N–H and O–H groups in total. The maximum Gasteiger partial charge on any atom is 0.340 e. The number of ether oxygens (including phenoxy) is 2. The fraction of sp³-hybridized carbons (Fsp3) is 0.190. The molecule has 3 rings (SSSR count). The fourth-order valence-corrected chi connectivity index (χ4v) is 2.83. The molecule has 0 radical (unpaired) electrons. The quantitative estimate of drug-likeness (QED) is 0.361. The summed E-state index contributed by atoms with van der Waals surface area (Å²) in [6.07, 6.45) is -1.22. The van der Waals surface area contributed by atoms with Crippen LogP contribution in [0.1, 0.15) is 23.0 Å². The normalized spacial score (nSPS) is 11.6. The highest BCUT2D eigenvalue weighted by molar-refractivity contribution is 5.99. The molecule has 1 unspecified atom stereocenters. The van der Waals surface area contributed by atoms with Gasteiger partial charge in [-0.3, -0.25) is 19.9 Å². The van der Waals surface area contributed by atoms with Gasteiger partial charge in [-0.2, -0.15) is 4.39 Å². The van der Waals surface area contributed by atoms with E-state index in [2.05, 4.69) is 10.3 Å². The number of amides is 1. The molecule has 0 spiro atoms. The molecule has 0 aliphatic rings. The van der Waals surface area contributed by atoms with Crippen LogP contribution in [0.5, 0.6) is 5.75 Å². The molecule has 1 atom stereocenters. The van der Waals surface area contributed by atoms with Gasteiger partial charge in [0, 0.05) is 23.2 Å². The lowest BCUT2D eigenvalue weighted by Gasteiger charge is -2.15. The number of hydrogen-bond acceptors (Lipinski definition) is 7. The van der Waals surface area contributed by atoms with Gasteiger partial charge in [0.05, 0.1) is 28.8 Å². The van der Waals surface area contributed by atoms with E-state index in [0.717, 1.165) is 12.1 Å². The van der Waals surface area contributed by atoms with E-state index in [1.807, 2.05) is 0 Å². The zero-order chi connectivity index (χ0) is 22.7. The lowest BCUT2D eigenvalue weighted by atomic mass is 10.1. The van der Waals surface area contributed by atoms with Crippen molar-refractivity contribution in [3.8, 4) is 5.75 Å². The number of pyridine rings is 1. The van der Waals surface area contributed by atoms with Crippen molar-refractivity contribution in [3.63, 3.8) is 0 Å². The molecule has 160 valence electrons. The highest BCUT2D eigenvalue weighted by Crippen LogP contribution is 2.23. The number of hydrogen-bond donors (Lipinski definition) is 1. The second kappa shape index (κ2) is 8.74. The number of halogens is 1. The smallest absolute Gasteiger partial charge is 0.340 e. The Labute approximate surface area is 175 Å². The fourth-order valence-electron chi connectivity index (χ4n) is 2.83. The maximum atomic E-state index is 13.4. The van der Waals surface area contributed by atoms with E-state index < -0.39 is 34.4 Å². The van der Waals surface area contributed by atoms with Gasteiger partial charge >= 0.3 is 11.7 Å². The van der Waals surface area contributed by atoms with Gasteiger partial charge in [0.2, 0.25) is 5.82 Å². The van der Waals surface area contributed by atoms with Crippen LogP contribution in [0.25, 0.3) is 10.9 Å². The Bertz CT molecular complexity index is 1200. The first-order valence-electron chi connectivity index (χ1n) is 9.10. The van der Waals surface area contributed by atoms with Gasteiger partial charge in [0.1, 0.15) is 5.75 Å². The second-order valence-corrected chi connectivity index (χ2v) is 6.64. The third-order valence-corrected chi connectivity index (χ3v) is 4.50. The highest BCUT2D eigenvalue weighted by Gasteiger charge is 2.22. The minimum absolute atomic E-state index is 0.00139. The number of carbonyl (C=O) groups excluding carboxylic acids is 2. The third kappa shape index (κ3) is 4.74. The number of nitrogens with one attached hydrogen (secondary N) is 1. The molecule has 0 fully saturated rings. The van der Waals surface area contributed by atoms with Gasteiger partial charge < -0.3 is 14.8 Å². The van der Waals surface area contributed by atoms with Crippen molar-refractivity contribution < 1.29 is 28.4 Å².